The molecule has 0 bridgehead atoms. The van der Waals surface area contributed by atoms with Crippen LogP contribution in [0.5, 0.6) is 5.75 Å². The van der Waals surface area contributed by atoms with Crippen LogP contribution in [0.1, 0.15) is 11.1 Å². The van der Waals surface area contributed by atoms with E-state index in [2.05, 4.69) is 10.6 Å². The summed E-state index contributed by atoms with van der Waals surface area (Å²) >= 11 is 0. The summed E-state index contributed by atoms with van der Waals surface area (Å²) in [6.45, 7) is 0.316. The number of ether oxygens (including phenoxy) is 1. The quantitative estimate of drug-likeness (QED) is 0.742. The maximum atomic E-state index is 13.1. The molecule has 2 amide bonds. The first-order valence-corrected chi connectivity index (χ1v) is 7.90. The molecule has 130 valence electrons. The molecule has 0 spiro atoms. The topological polar surface area (TPSA) is 74.2 Å². The maximum absolute atomic E-state index is 13.1. The number of nitrogens with zero attached hydrogens (tertiary/aromatic N) is 1. The van der Waals surface area contributed by atoms with Crippen molar-refractivity contribution < 1.29 is 13.9 Å². The first kappa shape index (κ1) is 17.2. The van der Waals surface area contributed by atoms with Crippen molar-refractivity contribution in [3.8, 4) is 11.8 Å². The fraction of sp³-hybridized carbons (Fsp3) is 0.100. The van der Waals surface area contributed by atoms with E-state index in [1.807, 2.05) is 42.5 Å². The van der Waals surface area contributed by atoms with Gasteiger partial charge in [-0.3, -0.25) is 0 Å². The molecule has 0 aliphatic heterocycles. The largest absolute Gasteiger partial charge is 0.497 e. The van der Waals surface area contributed by atoms with Gasteiger partial charge in [-0.05, 0) is 52.7 Å². The van der Waals surface area contributed by atoms with Crippen LogP contribution in [0.2, 0.25) is 0 Å². The molecule has 26 heavy (non-hydrogen) atoms. The lowest BCUT2D eigenvalue weighted by molar-refractivity contribution is 0.251. The zero-order chi connectivity index (χ0) is 18.5. The summed E-state index contributed by atoms with van der Waals surface area (Å²) in [5, 5.41) is 16.4. The van der Waals surface area contributed by atoms with Gasteiger partial charge in [-0.25, -0.2) is 9.18 Å². The van der Waals surface area contributed by atoms with E-state index in [0.29, 0.717) is 6.54 Å². The Morgan fingerprint density at radius 1 is 1.12 bits per heavy atom. The van der Waals surface area contributed by atoms with Crippen molar-refractivity contribution in [1.82, 2.24) is 5.32 Å². The maximum Gasteiger partial charge on any atom is 0.319 e. The number of rotatable bonds is 4. The Kier molecular flexibility index (Phi) is 4.99. The number of benzene rings is 3. The van der Waals surface area contributed by atoms with Crippen molar-refractivity contribution in [3.05, 3.63) is 71.5 Å². The minimum absolute atomic E-state index is 0.0693. The van der Waals surface area contributed by atoms with E-state index in [1.165, 1.54) is 12.1 Å². The monoisotopic (exact) mass is 349 g/mol. The molecular weight excluding hydrogens is 333 g/mol. The highest BCUT2D eigenvalue weighted by atomic mass is 19.1. The smallest absolute Gasteiger partial charge is 0.319 e. The van der Waals surface area contributed by atoms with Crippen molar-refractivity contribution in [3.63, 3.8) is 0 Å². The first-order valence-electron chi connectivity index (χ1n) is 7.90. The van der Waals surface area contributed by atoms with Crippen LogP contribution in [0, 0.1) is 17.1 Å². The summed E-state index contributed by atoms with van der Waals surface area (Å²) in [6, 6.07) is 16.6. The second-order valence-corrected chi connectivity index (χ2v) is 5.66. The van der Waals surface area contributed by atoms with Crippen molar-refractivity contribution >= 4 is 22.5 Å². The van der Waals surface area contributed by atoms with Gasteiger partial charge in [0.25, 0.3) is 0 Å². The Balaban J connectivity index is 1.66. The number of fused-ring (bicyclic) bond motifs is 1. The molecule has 3 aromatic rings. The molecule has 0 saturated heterocycles. The van der Waals surface area contributed by atoms with E-state index in [4.69, 9.17) is 10.00 Å². The molecule has 0 radical (unpaired) electrons. The van der Waals surface area contributed by atoms with Crippen LogP contribution < -0.4 is 15.4 Å². The number of halogens is 1. The number of hydrogen-bond donors (Lipinski definition) is 2. The van der Waals surface area contributed by atoms with Gasteiger partial charge in [-0.2, -0.15) is 5.26 Å². The lowest BCUT2D eigenvalue weighted by Gasteiger charge is -2.10. The predicted molar refractivity (Wildman–Crippen MR) is 97.5 cm³/mol. The zero-order valence-corrected chi connectivity index (χ0v) is 14.0. The molecular formula is C20H16FN3O2. The van der Waals surface area contributed by atoms with E-state index >= 15 is 0 Å². The van der Waals surface area contributed by atoms with Crippen molar-refractivity contribution in [2.24, 2.45) is 0 Å². The van der Waals surface area contributed by atoms with Gasteiger partial charge in [0, 0.05) is 6.54 Å². The van der Waals surface area contributed by atoms with E-state index < -0.39 is 11.8 Å². The van der Waals surface area contributed by atoms with Crippen LogP contribution in [-0.2, 0) is 6.54 Å². The van der Waals surface area contributed by atoms with Crippen LogP contribution in [-0.4, -0.2) is 13.1 Å². The van der Waals surface area contributed by atoms with Gasteiger partial charge in [0.05, 0.1) is 18.4 Å². The second kappa shape index (κ2) is 7.53. The standard InChI is InChI=1S/C20H16FN3O2/c1-26-18-6-4-14-8-13(2-3-15(14)10-18)12-23-20(25)24-19-7-5-17(21)9-16(19)11-22/h2-10H,12H2,1H3,(H2,23,24,25). The Labute approximate surface area is 150 Å². The minimum Gasteiger partial charge on any atom is -0.497 e. The lowest BCUT2D eigenvalue weighted by Crippen LogP contribution is -2.28. The number of carbonyl (C=O) groups excluding carboxylic acids is 1. The molecule has 3 rings (SSSR count). The summed E-state index contributed by atoms with van der Waals surface area (Å²) in [4.78, 5) is 12.0. The molecule has 0 aliphatic rings. The number of nitriles is 1. The average Bonchev–Trinajstić information content (AvgIpc) is 2.67. The van der Waals surface area contributed by atoms with Gasteiger partial charge in [-0.15, -0.1) is 0 Å². The number of urea groups is 1. The number of hydrogen-bond acceptors (Lipinski definition) is 3. The van der Waals surface area contributed by atoms with Gasteiger partial charge in [-0.1, -0.05) is 18.2 Å². The third kappa shape index (κ3) is 3.90. The average molecular weight is 349 g/mol. The molecule has 0 saturated carbocycles. The number of carbonyl (C=O) groups is 1. The highest BCUT2D eigenvalue weighted by Gasteiger charge is 2.08. The van der Waals surface area contributed by atoms with Crippen LogP contribution in [0.25, 0.3) is 10.8 Å². The predicted octanol–water partition coefficient (Wildman–Crippen LogP) is 4.18. The summed E-state index contributed by atoms with van der Waals surface area (Å²) in [7, 11) is 1.62. The number of anilines is 1. The van der Waals surface area contributed by atoms with E-state index in [9.17, 15) is 9.18 Å². The lowest BCUT2D eigenvalue weighted by atomic mass is 10.1. The van der Waals surface area contributed by atoms with Crippen molar-refractivity contribution in [2.45, 2.75) is 6.54 Å². The fourth-order valence-electron chi connectivity index (χ4n) is 2.58. The number of amides is 2. The normalized spacial score (nSPS) is 10.2. The third-order valence-corrected chi connectivity index (χ3v) is 3.92. The Bertz CT molecular complexity index is 1010. The third-order valence-electron chi connectivity index (χ3n) is 3.92. The van der Waals surface area contributed by atoms with E-state index in [-0.39, 0.29) is 11.3 Å². The van der Waals surface area contributed by atoms with Crippen LogP contribution in [0.15, 0.2) is 54.6 Å². The van der Waals surface area contributed by atoms with Gasteiger partial charge < -0.3 is 15.4 Å². The molecule has 5 nitrogen and oxygen atoms in total. The van der Waals surface area contributed by atoms with Gasteiger partial charge in [0.2, 0.25) is 0 Å². The highest BCUT2D eigenvalue weighted by Crippen LogP contribution is 2.22. The van der Waals surface area contributed by atoms with Crippen LogP contribution in [0.3, 0.4) is 0 Å². The Hall–Kier alpha value is -3.59. The van der Waals surface area contributed by atoms with E-state index in [0.717, 1.165) is 28.2 Å². The van der Waals surface area contributed by atoms with E-state index in [1.54, 1.807) is 7.11 Å². The Morgan fingerprint density at radius 3 is 2.65 bits per heavy atom. The minimum atomic E-state index is -0.527. The van der Waals surface area contributed by atoms with Gasteiger partial charge in [0.15, 0.2) is 0 Å². The molecule has 0 aromatic heterocycles. The number of nitrogens with one attached hydrogen (secondary N) is 2. The SMILES string of the molecule is COc1ccc2cc(CNC(=O)Nc3ccc(F)cc3C#N)ccc2c1. The second-order valence-electron chi connectivity index (χ2n) is 5.66. The number of methoxy groups -OCH3 is 1. The summed E-state index contributed by atoms with van der Waals surface area (Å²) in [6.07, 6.45) is 0. The van der Waals surface area contributed by atoms with Gasteiger partial charge >= 0.3 is 6.03 Å². The first-order chi connectivity index (χ1) is 12.6. The summed E-state index contributed by atoms with van der Waals surface area (Å²) in [5.41, 5.74) is 1.26. The highest BCUT2D eigenvalue weighted by molar-refractivity contribution is 5.91. The van der Waals surface area contributed by atoms with Crippen LogP contribution in [0.4, 0.5) is 14.9 Å². The summed E-state index contributed by atoms with van der Waals surface area (Å²) < 4.78 is 18.3. The Morgan fingerprint density at radius 2 is 1.88 bits per heavy atom. The molecule has 6 heteroatoms. The van der Waals surface area contributed by atoms with Crippen LogP contribution >= 0.6 is 0 Å². The summed E-state index contributed by atoms with van der Waals surface area (Å²) in [5.74, 6) is 0.260. The molecule has 0 unspecified atom stereocenters. The molecule has 0 fully saturated rings. The molecule has 0 heterocycles. The fourth-order valence-corrected chi connectivity index (χ4v) is 2.58. The molecule has 2 N–H and O–H groups in total. The molecule has 0 aliphatic carbocycles. The zero-order valence-electron chi connectivity index (χ0n) is 14.0. The molecule has 0 atom stereocenters. The van der Waals surface area contributed by atoms with Crippen molar-refractivity contribution in [2.75, 3.05) is 12.4 Å². The van der Waals surface area contributed by atoms with Gasteiger partial charge in [0.1, 0.15) is 17.6 Å². The van der Waals surface area contributed by atoms with Crippen molar-refractivity contribution in [1.29, 1.82) is 5.26 Å². The molecule has 3 aromatic carbocycles.